The van der Waals surface area contributed by atoms with Crippen LogP contribution in [0.15, 0.2) is 29.6 Å². The van der Waals surface area contributed by atoms with E-state index in [4.69, 9.17) is 10.5 Å². The lowest BCUT2D eigenvalue weighted by molar-refractivity contribution is -0.145. The zero-order valence-corrected chi connectivity index (χ0v) is 13.2. The molecule has 0 saturated carbocycles. The fourth-order valence-electron chi connectivity index (χ4n) is 3.30. The predicted octanol–water partition coefficient (Wildman–Crippen LogP) is 2.18. The zero-order chi connectivity index (χ0) is 15.7. The summed E-state index contributed by atoms with van der Waals surface area (Å²) in [5, 5.41) is 3.40. The van der Waals surface area contributed by atoms with Gasteiger partial charge in [0.2, 0.25) is 0 Å². The summed E-state index contributed by atoms with van der Waals surface area (Å²) in [6.07, 6.45) is 3.72. The Morgan fingerprint density at radius 1 is 1.50 bits per heavy atom. The largest absolute Gasteiger partial charge is 0.464 e. The summed E-state index contributed by atoms with van der Waals surface area (Å²) < 4.78 is 5.18. The number of nitrogens with one attached hydrogen (secondary N) is 1. The van der Waals surface area contributed by atoms with E-state index < -0.39 is 0 Å². The molecule has 3 N–H and O–H groups in total. The highest BCUT2D eigenvalue weighted by molar-refractivity contribution is 5.77. The Hall–Kier alpha value is -2.17. The summed E-state index contributed by atoms with van der Waals surface area (Å²) in [5.41, 5.74) is 10.4. The number of benzene rings is 1. The normalized spacial score (nSPS) is 20.6. The van der Waals surface area contributed by atoms with Crippen molar-refractivity contribution in [2.24, 2.45) is 0 Å². The Bertz CT molecular complexity index is 624. The van der Waals surface area contributed by atoms with Crippen molar-refractivity contribution < 1.29 is 9.53 Å². The van der Waals surface area contributed by atoms with Gasteiger partial charge >= 0.3 is 5.97 Å². The smallest absolute Gasteiger partial charge is 0.328 e. The van der Waals surface area contributed by atoms with E-state index in [-0.39, 0.29) is 12.0 Å². The molecule has 22 heavy (non-hydrogen) atoms. The second kappa shape index (κ2) is 5.91. The molecule has 1 aromatic carbocycles. The van der Waals surface area contributed by atoms with Crippen molar-refractivity contribution in [3.63, 3.8) is 0 Å². The summed E-state index contributed by atoms with van der Waals surface area (Å²) in [5.74, 6) is 0.872. The maximum Gasteiger partial charge on any atom is 0.328 e. The molecule has 0 spiro atoms. The van der Waals surface area contributed by atoms with Gasteiger partial charge in [0.15, 0.2) is 0 Å². The van der Waals surface area contributed by atoms with Crippen molar-refractivity contribution in [2.75, 3.05) is 24.3 Å². The molecular formula is C17H23N3O2. The van der Waals surface area contributed by atoms with E-state index >= 15 is 0 Å². The molecule has 5 heteroatoms. The molecule has 2 aliphatic rings. The minimum Gasteiger partial charge on any atom is -0.464 e. The number of nitrogens with zero attached hydrogens (tertiary/aromatic N) is 1. The number of fused-ring (bicyclic) bond motifs is 1. The average Bonchev–Trinajstić information content (AvgIpc) is 2.71. The Labute approximate surface area is 131 Å². The number of nitrogens with two attached hydrogens (primary N) is 1. The number of hydrogen-bond acceptors (Lipinski definition) is 5. The van der Waals surface area contributed by atoms with Gasteiger partial charge in [0.05, 0.1) is 6.61 Å². The van der Waals surface area contributed by atoms with Gasteiger partial charge in [0, 0.05) is 18.4 Å². The lowest BCUT2D eigenvalue weighted by Crippen LogP contribution is -2.42. The van der Waals surface area contributed by atoms with E-state index in [1.54, 1.807) is 0 Å². The van der Waals surface area contributed by atoms with Crippen molar-refractivity contribution in [1.29, 1.82) is 0 Å². The van der Waals surface area contributed by atoms with Crippen LogP contribution in [0.5, 0.6) is 0 Å². The average molecular weight is 301 g/mol. The van der Waals surface area contributed by atoms with E-state index in [0.717, 1.165) is 42.9 Å². The van der Waals surface area contributed by atoms with Gasteiger partial charge in [-0.05, 0) is 55.9 Å². The van der Waals surface area contributed by atoms with Crippen molar-refractivity contribution in [2.45, 2.75) is 38.6 Å². The number of ether oxygens (including phenoxy) is 1. The number of nitrogen functional groups attached to an aromatic ring is 1. The van der Waals surface area contributed by atoms with Crippen molar-refractivity contribution in [3.8, 4) is 0 Å². The van der Waals surface area contributed by atoms with Crippen LogP contribution in [0.25, 0.3) is 0 Å². The third-order valence-corrected chi connectivity index (χ3v) is 4.40. The fraction of sp³-hybridized carbons (Fsp3) is 0.471. The topological polar surface area (TPSA) is 67.6 Å². The fourth-order valence-corrected chi connectivity index (χ4v) is 3.30. The highest BCUT2D eigenvalue weighted by Gasteiger charge is 2.30. The van der Waals surface area contributed by atoms with Crippen LogP contribution in [0, 0.1) is 0 Å². The Balaban J connectivity index is 1.89. The maximum absolute atomic E-state index is 12.1. The summed E-state index contributed by atoms with van der Waals surface area (Å²) >= 11 is 0. The van der Waals surface area contributed by atoms with Gasteiger partial charge in [-0.2, -0.15) is 0 Å². The first-order chi connectivity index (χ1) is 10.6. The first-order valence-corrected chi connectivity index (χ1v) is 7.87. The van der Waals surface area contributed by atoms with Crippen LogP contribution in [0.1, 0.15) is 31.7 Å². The van der Waals surface area contributed by atoms with E-state index in [1.807, 2.05) is 26.1 Å². The zero-order valence-electron chi connectivity index (χ0n) is 13.2. The molecule has 2 aliphatic heterocycles. The Morgan fingerprint density at radius 3 is 3.09 bits per heavy atom. The number of hydrogen-bond donors (Lipinski definition) is 2. The molecule has 1 aromatic rings. The van der Waals surface area contributed by atoms with Crippen LogP contribution in [0.3, 0.4) is 0 Å². The van der Waals surface area contributed by atoms with Gasteiger partial charge < -0.3 is 20.7 Å². The molecule has 0 saturated heterocycles. The van der Waals surface area contributed by atoms with Crippen molar-refractivity contribution in [1.82, 2.24) is 5.32 Å². The minimum absolute atomic E-state index is 0.164. The van der Waals surface area contributed by atoms with E-state index in [0.29, 0.717) is 6.61 Å². The number of carbonyl (C=O) groups excluding carboxylic acids is 1. The monoisotopic (exact) mass is 301 g/mol. The van der Waals surface area contributed by atoms with Gasteiger partial charge in [0.1, 0.15) is 11.9 Å². The molecule has 3 rings (SSSR count). The van der Waals surface area contributed by atoms with Crippen LogP contribution >= 0.6 is 0 Å². The van der Waals surface area contributed by atoms with Gasteiger partial charge in [-0.1, -0.05) is 6.07 Å². The first kappa shape index (κ1) is 14.8. The number of allylic oxidation sites excluding steroid dienone is 1. The summed E-state index contributed by atoms with van der Waals surface area (Å²) in [7, 11) is 2.02. The highest BCUT2D eigenvalue weighted by Crippen LogP contribution is 2.36. The molecule has 118 valence electrons. The van der Waals surface area contributed by atoms with Gasteiger partial charge in [0.25, 0.3) is 0 Å². The second-order valence-corrected chi connectivity index (χ2v) is 5.92. The standard InChI is InChI=1S/C17H23N3O2/c1-3-22-17(21)14-6-4-5-12-9-11-7-8-13(18)10-15(11)20(2)16(12)19-14/h7-8,10,14,19H,3-6,9,18H2,1-2H3. The highest BCUT2D eigenvalue weighted by atomic mass is 16.5. The first-order valence-electron chi connectivity index (χ1n) is 7.87. The number of carbonyl (C=O) groups is 1. The van der Waals surface area contributed by atoms with Crippen LogP contribution in [0.4, 0.5) is 11.4 Å². The number of esters is 1. The lowest BCUT2D eigenvalue weighted by atomic mass is 9.95. The molecule has 5 nitrogen and oxygen atoms in total. The van der Waals surface area contributed by atoms with Crippen LogP contribution in [-0.4, -0.2) is 25.7 Å². The molecule has 0 amide bonds. The molecule has 0 bridgehead atoms. The van der Waals surface area contributed by atoms with Crippen LogP contribution in [0.2, 0.25) is 0 Å². The molecular weight excluding hydrogens is 278 g/mol. The van der Waals surface area contributed by atoms with Gasteiger partial charge in [-0.15, -0.1) is 0 Å². The molecule has 0 aromatic heterocycles. The predicted molar refractivity (Wildman–Crippen MR) is 87.4 cm³/mol. The lowest BCUT2D eigenvalue weighted by Gasteiger charge is -2.33. The van der Waals surface area contributed by atoms with E-state index in [2.05, 4.69) is 16.3 Å². The Morgan fingerprint density at radius 2 is 2.32 bits per heavy atom. The third kappa shape index (κ3) is 2.63. The van der Waals surface area contributed by atoms with Crippen molar-refractivity contribution >= 4 is 17.3 Å². The molecule has 0 radical (unpaired) electrons. The van der Waals surface area contributed by atoms with Gasteiger partial charge in [-0.25, -0.2) is 4.79 Å². The Kier molecular flexibility index (Phi) is 3.96. The molecule has 1 unspecified atom stereocenters. The molecule has 0 aliphatic carbocycles. The number of rotatable bonds is 2. The van der Waals surface area contributed by atoms with Crippen molar-refractivity contribution in [3.05, 3.63) is 35.2 Å². The van der Waals surface area contributed by atoms with Crippen LogP contribution < -0.4 is 16.0 Å². The van der Waals surface area contributed by atoms with E-state index in [1.165, 1.54) is 11.1 Å². The summed E-state index contributed by atoms with van der Waals surface area (Å²) in [4.78, 5) is 14.2. The minimum atomic E-state index is -0.266. The summed E-state index contributed by atoms with van der Waals surface area (Å²) in [6, 6.07) is 5.77. The van der Waals surface area contributed by atoms with E-state index in [9.17, 15) is 4.79 Å². The third-order valence-electron chi connectivity index (χ3n) is 4.40. The summed E-state index contributed by atoms with van der Waals surface area (Å²) in [6.45, 7) is 2.25. The van der Waals surface area contributed by atoms with Gasteiger partial charge in [-0.3, -0.25) is 0 Å². The quantitative estimate of drug-likeness (QED) is 0.647. The molecule has 1 atom stereocenters. The second-order valence-electron chi connectivity index (χ2n) is 5.92. The number of anilines is 2. The maximum atomic E-state index is 12.1. The molecule has 0 fully saturated rings. The van der Waals surface area contributed by atoms with Crippen LogP contribution in [-0.2, 0) is 16.0 Å². The SMILES string of the molecule is CCOC(=O)C1CCCC2=C(N1)N(C)c1cc(N)ccc1C2. The molecule has 2 heterocycles.